The Bertz CT molecular complexity index is 808. The van der Waals surface area contributed by atoms with Crippen LogP contribution in [0.2, 0.25) is 0 Å². The van der Waals surface area contributed by atoms with Crippen LogP contribution in [0.5, 0.6) is 0 Å². The number of halogens is 1. The quantitative estimate of drug-likeness (QED) is 0.647. The van der Waals surface area contributed by atoms with Gasteiger partial charge >= 0.3 is 0 Å². The number of nitrogens with one attached hydrogen (secondary N) is 3. The van der Waals surface area contributed by atoms with E-state index in [1.54, 1.807) is 12.1 Å². The van der Waals surface area contributed by atoms with Gasteiger partial charge in [-0.25, -0.2) is 4.39 Å². The van der Waals surface area contributed by atoms with E-state index in [-0.39, 0.29) is 23.9 Å². The molecule has 3 atom stereocenters. The summed E-state index contributed by atoms with van der Waals surface area (Å²) in [5.74, 6) is -0.864. The number of benzene rings is 2. The van der Waals surface area contributed by atoms with Gasteiger partial charge in [-0.1, -0.05) is 12.1 Å². The Balaban J connectivity index is 1.57. The van der Waals surface area contributed by atoms with Gasteiger partial charge in [-0.05, 0) is 55.3 Å². The van der Waals surface area contributed by atoms with Crippen LogP contribution in [0.15, 0.2) is 48.5 Å². The molecule has 0 bridgehead atoms. The number of hydrogen-bond donors (Lipinski definition) is 4. The van der Waals surface area contributed by atoms with Crippen molar-refractivity contribution >= 4 is 17.5 Å². The first kappa shape index (κ1) is 19.0. The zero-order valence-electron chi connectivity index (χ0n) is 14.9. The smallest absolute Gasteiger partial charge is 0.255 e. The summed E-state index contributed by atoms with van der Waals surface area (Å²) in [5.41, 5.74) is 1.86. The molecule has 0 aliphatic carbocycles. The summed E-state index contributed by atoms with van der Waals surface area (Å²) in [5, 5.41) is 18.1. The third-order valence-corrected chi connectivity index (χ3v) is 4.56. The predicted molar refractivity (Wildman–Crippen MR) is 99.8 cm³/mol. The molecule has 2 amide bonds. The molecule has 142 valence electrons. The van der Waals surface area contributed by atoms with E-state index in [0.717, 1.165) is 5.56 Å². The highest BCUT2D eigenvalue weighted by Gasteiger charge is 2.28. The number of β-amino-alcohol motifs (C(OH)–C–C–N with tert-alkyl or cyclic N) is 1. The summed E-state index contributed by atoms with van der Waals surface area (Å²) >= 11 is 0. The molecule has 27 heavy (non-hydrogen) atoms. The van der Waals surface area contributed by atoms with Crippen molar-refractivity contribution in [1.29, 1.82) is 0 Å². The second-order valence-corrected chi connectivity index (χ2v) is 6.66. The Hall–Kier alpha value is -2.77. The van der Waals surface area contributed by atoms with Crippen LogP contribution in [0.3, 0.4) is 0 Å². The van der Waals surface area contributed by atoms with Crippen molar-refractivity contribution in [3.8, 4) is 0 Å². The van der Waals surface area contributed by atoms with Gasteiger partial charge < -0.3 is 21.1 Å². The minimum absolute atomic E-state index is 0.146. The molecule has 1 aliphatic heterocycles. The monoisotopic (exact) mass is 371 g/mol. The minimum atomic E-state index is -0.486. The summed E-state index contributed by atoms with van der Waals surface area (Å²) in [6, 6.07) is 11.9. The summed E-state index contributed by atoms with van der Waals surface area (Å²) in [6.45, 7) is 2.30. The molecular weight excluding hydrogens is 349 g/mol. The standard InChI is InChI=1S/C20H22FN3O3/c1-12(23-20(27)18-10-17(25)11-22-18)13-4-8-16(9-5-13)24-19(26)14-2-6-15(21)7-3-14/h2-9,12,17-18,22,25H,10-11H2,1H3,(H,23,27)(H,24,26). The van der Waals surface area contributed by atoms with E-state index in [9.17, 15) is 19.1 Å². The lowest BCUT2D eigenvalue weighted by Crippen LogP contribution is -2.41. The van der Waals surface area contributed by atoms with Gasteiger partial charge in [0, 0.05) is 17.8 Å². The molecule has 2 aromatic carbocycles. The maximum atomic E-state index is 12.9. The number of hydrogen-bond acceptors (Lipinski definition) is 4. The molecule has 0 saturated carbocycles. The highest BCUT2D eigenvalue weighted by Crippen LogP contribution is 2.18. The van der Waals surface area contributed by atoms with Crippen LogP contribution in [-0.2, 0) is 4.79 Å². The first-order valence-corrected chi connectivity index (χ1v) is 8.81. The highest BCUT2D eigenvalue weighted by molar-refractivity contribution is 6.04. The normalized spacial score (nSPS) is 20.1. The summed E-state index contributed by atoms with van der Waals surface area (Å²) in [6.07, 6.45) is -0.0764. The van der Waals surface area contributed by atoms with E-state index >= 15 is 0 Å². The molecule has 0 spiro atoms. The lowest BCUT2D eigenvalue weighted by atomic mass is 10.1. The molecule has 1 aliphatic rings. The molecule has 4 N–H and O–H groups in total. The van der Waals surface area contributed by atoms with Crippen molar-refractivity contribution in [1.82, 2.24) is 10.6 Å². The van der Waals surface area contributed by atoms with Crippen molar-refractivity contribution < 1.29 is 19.1 Å². The van der Waals surface area contributed by atoms with Crippen molar-refractivity contribution in [3.63, 3.8) is 0 Å². The minimum Gasteiger partial charge on any atom is -0.392 e. The van der Waals surface area contributed by atoms with Crippen LogP contribution in [0.1, 0.15) is 35.3 Å². The zero-order valence-corrected chi connectivity index (χ0v) is 14.9. The van der Waals surface area contributed by atoms with Gasteiger partial charge in [-0.3, -0.25) is 9.59 Å². The molecule has 0 radical (unpaired) electrons. The molecule has 2 aromatic rings. The fraction of sp³-hybridized carbons (Fsp3) is 0.300. The van der Waals surface area contributed by atoms with Gasteiger partial charge in [0.25, 0.3) is 5.91 Å². The van der Waals surface area contributed by atoms with Crippen molar-refractivity contribution in [2.45, 2.75) is 31.5 Å². The molecule has 6 nitrogen and oxygen atoms in total. The fourth-order valence-electron chi connectivity index (χ4n) is 2.97. The number of anilines is 1. The van der Waals surface area contributed by atoms with Crippen LogP contribution in [0.4, 0.5) is 10.1 Å². The van der Waals surface area contributed by atoms with Crippen molar-refractivity contribution in [2.24, 2.45) is 0 Å². The Morgan fingerprint density at radius 2 is 1.81 bits per heavy atom. The van der Waals surface area contributed by atoms with Crippen LogP contribution in [0, 0.1) is 5.82 Å². The number of rotatable bonds is 5. The third-order valence-electron chi connectivity index (χ3n) is 4.56. The average Bonchev–Trinajstić information content (AvgIpc) is 3.09. The number of aliphatic hydroxyl groups is 1. The molecule has 7 heteroatoms. The van der Waals surface area contributed by atoms with E-state index in [1.807, 2.05) is 19.1 Å². The van der Waals surface area contributed by atoms with Crippen LogP contribution in [0.25, 0.3) is 0 Å². The largest absolute Gasteiger partial charge is 0.392 e. The van der Waals surface area contributed by atoms with E-state index in [1.165, 1.54) is 24.3 Å². The van der Waals surface area contributed by atoms with Gasteiger partial charge in [-0.15, -0.1) is 0 Å². The summed E-state index contributed by atoms with van der Waals surface area (Å²) in [4.78, 5) is 24.3. The van der Waals surface area contributed by atoms with Gasteiger partial charge in [0.2, 0.25) is 5.91 Å². The van der Waals surface area contributed by atoms with Gasteiger partial charge in [0.1, 0.15) is 5.82 Å². The molecular formula is C20H22FN3O3. The number of aliphatic hydroxyl groups excluding tert-OH is 1. The highest BCUT2D eigenvalue weighted by atomic mass is 19.1. The number of amides is 2. The van der Waals surface area contributed by atoms with Crippen LogP contribution >= 0.6 is 0 Å². The summed E-state index contributed by atoms with van der Waals surface area (Å²) in [7, 11) is 0. The maximum absolute atomic E-state index is 12.9. The predicted octanol–water partition coefficient (Wildman–Crippen LogP) is 1.98. The Morgan fingerprint density at radius 3 is 2.41 bits per heavy atom. The Labute approximate surface area is 156 Å². The van der Waals surface area contributed by atoms with Crippen LogP contribution in [-0.4, -0.2) is 35.6 Å². The number of carbonyl (C=O) groups is 2. The van der Waals surface area contributed by atoms with Crippen LogP contribution < -0.4 is 16.0 Å². The molecule has 3 unspecified atom stereocenters. The summed E-state index contributed by atoms with van der Waals surface area (Å²) < 4.78 is 12.9. The molecule has 3 rings (SSSR count). The fourth-order valence-corrected chi connectivity index (χ4v) is 2.97. The molecule has 1 heterocycles. The maximum Gasteiger partial charge on any atom is 0.255 e. The molecule has 1 fully saturated rings. The Morgan fingerprint density at radius 1 is 1.15 bits per heavy atom. The first-order chi connectivity index (χ1) is 12.9. The van der Waals surface area contributed by atoms with Crippen molar-refractivity contribution in [2.75, 3.05) is 11.9 Å². The van der Waals surface area contributed by atoms with E-state index in [2.05, 4.69) is 16.0 Å². The van der Waals surface area contributed by atoms with Gasteiger partial charge in [0.05, 0.1) is 18.2 Å². The second-order valence-electron chi connectivity index (χ2n) is 6.66. The third kappa shape index (κ3) is 4.90. The average molecular weight is 371 g/mol. The molecule has 1 saturated heterocycles. The van der Waals surface area contributed by atoms with Gasteiger partial charge in [-0.2, -0.15) is 0 Å². The Kier molecular flexibility index (Phi) is 5.83. The van der Waals surface area contributed by atoms with E-state index in [4.69, 9.17) is 0 Å². The molecule has 0 aromatic heterocycles. The lowest BCUT2D eigenvalue weighted by Gasteiger charge is -2.18. The zero-order chi connectivity index (χ0) is 19.4. The number of carbonyl (C=O) groups excluding carboxylic acids is 2. The SMILES string of the molecule is CC(NC(=O)C1CC(O)CN1)c1ccc(NC(=O)c2ccc(F)cc2)cc1. The lowest BCUT2D eigenvalue weighted by molar-refractivity contribution is -0.123. The van der Waals surface area contributed by atoms with E-state index < -0.39 is 11.9 Å². The first-order valence-electron chi connectivity index (χ1n) is 8.81. The van der Waals surface area contributed by atoms with E-state index in [0.29, 0.717) is 24.2 Å². The second kappa shape index (κ2) is 8.28. The van der Waals surface area contributed by atoms with Crippen molar-refractivity contribution in [3.05, 3.63) is 65.5 Å². The van der Waals surface area contributed by atoms with Gasteiger partial charge in [0.15, 0.2) is 0 Å². The topological polar surface area (TPSA) is 90.5 Å².